The third-order valence-corrected chi connectivity index (χ3v) is 8.17. The molecule has 7 nitrogen and oxygen atoms in total. The number of anilines is 1. The highest BCUT2D eigenvalue weighted by atomic mass is 32.2. The largest absolute Gasteiger partial charge is 0.490 e. The van der Waals surface area contributed by atoms with Gasteiger partial charge in [-0.2, -0.15) is 0 Å². The molecule has 0 spiro atoms. The van der Waals surface area contributed by atoms with Crippen LogP contribution in [-0.4, -0.2) is 33.3 Å². The summed E-state index contributed by atoms with van der Waals surface area (Å²) in [6, 6.07) is 19.0. The topological polar surface area (TPSA) is 93.7 Å². The van der Waals surface area contributed by atoms with Crippen LogP contribution >= 0.6 is 11.8 Å². The lowest BCUT2D eigenvalue weighted by Crippen LogP contribution is -2.30. The van der Waals surface area contributed by atoms with Crippen LogP contribution in [0.4, 0.5) is 5.69 Å². The van der Waals surface area contributed by atoms with Crippen molar-refractivity contribution < 1.29 is 22.7 Å². The number of hydrogen-bond donors (Lipinski definition) is 2. The normalized spacial score (nSPS) is 17.2. The van der Waals surface area contributed by atoms with Crippen LogP contribution < -0.4 is 19.5 Å². The van der Waals surface area contributed by atoms with Crippen LogP contribution in [-0.2, 0) is 10.0 Å². The number of benzene rings is 3. The molecule has 2 heterocycles. The lowest BCUT2D eigenvalue weighted by atomic mass is 10.0. The zero-order chi connectivity index (χ0) is 23.5. The second-order valence-electron chi connectivity index (χ2n) is 8.05. The summed E-state index contributed by atoms with van der Waals surface area (Å²) in [6.07, 6.45) is 1.57. The maximum absolute atomic E-state index is 13.0. The van der Waals surface area contributed by atoms with Crippen molar-refractivity contribution in [2.45, 2.75) is 28.7 Å². The molecule has 3 aromatic carbocycles. The van der Waals surface area contributed by atoms with Crippen molar-refractivity contribution in [1.82, 2.24) is 5.32 Å². The highest BCUT2D eigenvalue weighted by Crippen LogP contribution is 2.36. The Hall–Kier alpha value is -3.17. The van der Waals surface area contributed by atoms with Crippen molar-refractivity contribution in [3.8, 4) is 11.5 Å². The first-order valence-electron chi connectivity index (χ1n) is 11.0. The molecule has 2 N–H and O–H groups in total. The lowest BCUT2D eigenvalue weighted by Gasteiger charge is -2.26. The zero-order valence-electron chi connectivity index (χ0n) is 18.3. The number of rotatable bonds is 5. The van der Waals surface area contributed by atoms with Crippen LogP contribution in [0.3, 0.4) is 0 Å². The van der Waals surface area contributed by atoms with Crippen LogP contribution in [0.15, 0.2) is 76.5 Å². The SMILES string of the molecule is O=C(NC1CCSc2ccccc21)c1cccc(NS(=O)(=O)c2ccc3c(c2)OCCCO3)c1. The highest BCUT2D eigenvalue weighted by molar-refractivity contribution is 7.99. The summed E-state index contributed by atoms with van der Waals surface area (Å²) < 4.78 is 39.7. The Morgan fingerprint density at radius 1 is 0.941 bits per heavy atom. The summed E-state index contributed by atoms with van der Waals surface area (Å²) in [7, 11) is -3.89. The number of carbonyl (C=O) groups is 1. The molecule has 1 unspecified atom stereocenters. The Balaban J connectivity index is 1.32. The monoisotopic (exact) mass is 496 g/mol. The molecule has 34 heavy (non-hydrogen) atoms. The minimum atomic E-state index is -3.89. The third-order valence-electron chi connectivity index (χ3n) is 5.67. The summed E-state index contributed by atoms with van der Waals surface area (Å²) >= 11 is 1.79. The van der Waals surface area contributed by atoms with Crippen LogP contribution in [0.1, 0.15) is 34.8 Å². The van der Waals surface area contributed by atoms with Crippen LogP contribution in [0.25, 0.3) is 0 Å². The number of sulfonamides is 1. The van der Waals surface area contributed by atoms with Crippen LogP contribution in [0.5, 0.6) is 11.5 Å². The van der Waals surface area contributed by atoms with E-state index in [2.05, 4.69) is 16.1 Å². The van der Waals surface area contributed by atoms with Gasteiger partial charge in [0.15, 0.2) is 11.5 Å². The Morgan fingerprint density at radius 3 is 2.65 bits per heavy atom. The second kappa shape index (κ2) is 9.60. The highest BCUT2D eigenvalue weighted by Gasteiger charge is 2.23. The first-order valence-corrected chi connectivity index (χ1v) is 13.5. The number of nitrogens with one attached hydrogen (secondary N) is 2. The summed E-state index contributed by atoms with van der Waals surface area (Å²) in [6.45, 7) is 0.989. The maximum Gasteiger partial charge on any atom is 0.262 e. The number of carbonyl (C=O) groups excluding carboxylic acids is 1. The molecule has 9 heteroatoms. The van der Waals surface area contributed by atoms with Gasteiger partial charge in [-0.05, 0) is 48.4 Å². The van der Waals surface area contributed by atoms with Crippen molar-refractivity contribution in [3.63, 3.8) is 0 Å². The van der Waals surface area contributed by atoms with E-state index in [1.165, 1.54) is 17.0 Å². The molecular weight excluding hydrogens is 472 g/mol. The predicted molar refractivity (Wildman–Crippen MR) is 131 cm³/mol. The van der Waals surface area contributed by atoms with Gasteiger partial charge in [0.05, 0.1) is 24.2 Å². The van der Waals surface area contributed by atoms with E-state index >= 15 is 0 Å². The Morgan fingerprint density at radius 2 is 1.76 bits per heavy atom. The fraction of sp³-hybridized carbons (Fsp3) is 0.240. The molecular formula is C25H24N2O5S2. The Bertz CT molecular complexity index is 1330. The van der Waals surface area contributed by atoms with Gasteiger partial charge in [0.1, 0.15) is 0 Å². The van der Waals surface area contributed by atoms with E-state index in [-0.39, 0.29) is 16.8 Å². The van der Waals surface area contributed by atoms with Crippen molar-refractivity contribution in [2.24, 2.45) is 0 Å². The fourth-order valence-electron chi connectivity index (χ4n) is 3.98. The van der Waals surface area contributed by atoms with Gasteiger partial charge in [0.25, 0.3) is 15.9 Å². The standard InChI is InChI=1S/C25H24N2O5S2/c28-25(26-21-11-14-33-24-8-2-1-7-20(21)24)17-5-3-6-18(15-17)27-34(29,30)19-9-10-22-23(16-19)32-13-4-12-31-22/h1-3,5-10,15-16,21,27H,4,11-14H2,(H,26,28). The molecule has 1 atom stereocenters. The molecule has 5 rings (SSSR count). The van der Waals surface area contributed by atoms with Gasteiger partial charge in [-0.25, -0.2) is 8.42 Å². The van der Waals surface area contributed by atoms with E-state index in [0.717, 1.165) is 24.2 Å². The summed E-state index contributed by atoms with van der Waals surface area (Å²) in [5.74, 6) is 1.61. The van der Waals surface area contributed by atoms with E-state index in [9.17, 15) is 13.2 Å². The quantitative estimate of drug-likeness (QED) is 0.536. The van der Waals surface area contributed by atoms with Crippen molar-refractivity contribution >= 4 is 33.4 Å². The minimum absolute atomic E-state index is 0.0583. The van der Waals surface area contributed by atoms with E-state index in [0.29, 0.717) is 36.0 Å². The number of amides is 1. The molecule has 0 radical (unpaired) electrons. The molecule has 0 aromatic heterocycles. The zero-order valence-corrected chi connectivity index (χ0v) is 20.0. The van der Waals surface area contributed by atoms with Gasteiger partial charge >= 0.3 is 0 Å². The van der Waals surface area contributed by atoms with Gasteiger partial charge in [-0.1, -0.05) is 24.3 Å². The Labute approximate surface area is 202 Å². The average Bonchev–Trinajstić information content (AvgIpc) is 3.09. The van der Waals surface area contributed by atoms with Crippen molar-refractivity contribution in [2.75, 3.05) is 23.7 Å². The predicted octanol–water partition coefficient (Wildman–Crippen LogP) is 4.62. The van der Waals surface area contributed by atoms with Crippen LogP contribution in [0, 0.1) is 0 Å². The molecule has 1 amide bonds. The molecule has 0 bridgehead atoms. The number of thioether (sulfide) groups is 1. The van der Waals surface area contributed by atoms with Crippen LogP contribution in [0.2, 0.25) is 0 Å². The molecule has 0 saturated heterocycles. The first-order chi connectivity index (χ1) is 16.5. The number of fused-ring (bicyclic) bond motifs is 2. The Kier molecular flexibility index (Phi) is 6.38. The van der Waals surface area contributed by atoms with Gasteiger partial charge in [0, 0.05) is 34.4 Å². The van der Waals surface area contributed by atoms with E-state index in [4.69, 9.17) is 9.47 Å². The van der Waals surface area contributed by atoms with Gasteiger partial charge < -0.3 is 14.8 Å². The fourth-order valence-corrected chi connectivity index (χ4v) is 6.17. The van der Waals surface area contributed by atoms with E-state index < -0.39 is 10.0 Å². The molecule has 0 saturated carbocycles. The van der Waals surface area contributed by atoms with Gasteiger partial charge in [0.2, 0.25) is 0 Å². The average molecular weight is 497 g/mol. The molecule has 176 valence electrons. The van der Waals surface area contributed by atoms with Crippen molar-refractivity contribution in [1.29, 1.82) is 0 Å². The maximum atomic E-state index is 13.0. The molecule has 2 aliphatic heterocycles. The van der Waals surface area contributed by atoms with Gasteiger partial charge in [-0.3, -0.25) is 9.52 Å². The number of ether oxygens (including phenoxy) is 2. The summed E-state index contributed by atoms with van der Waals surface area (Å²) in [5.41, 5.74) is 1.80. The number of hydrogen-bond acceptors (Lipinski definition) is 6. The van der Waals surface area contributed by atoms with Crippen molar-refractivity contribution in [3.05, 3.63) is 77.9 Å². The molecule has 3 aromatic rings. The molecule has 0 aliphatic carbocycles. The molecule has 0 fully saturated rings. The summed E-state index contributed by atoms with van der Waals surface area (Å²) in [4.78, 5) is 14.2. The minimum Gasteiger partial charge on any atom is -0.490 e. The second-order valence-corrected chi connectivity index (χ2v) is 10.9. The summed E-state index contributed by atoms with van der Waals surface area (Å²) in [5, 5.41) is 3.09. The third kappa shape index (κ3) is 4.85. The smallest absolute Gasteiger partial charge is 0.262 e. The first kappa shape index (κ1) is 22.6. The van der Waals surface area contributed by atoms with Gasteiger partial charge in [-0.15, -0.1) is 11.8 Å². The lowest BCUT2D eigenvalue weighted by molar-refractivity contribution is 0.0935. The van der Waals surface area contributed by atoms with E-state index in [1.54, 1.807) is 42.1 Å². The molecule has 2 aliphatic rings. The van der Waals surface area contributed by atoms with E-state index in [1.807, 2.05) is 18.2 Å².